The van der Waals surface area contributed by atoms with Crippen LogP contribution < -0.4 is 0 Å². The molecular formula is C14H24O3. The van der Waals surface area contributed by atoms with Crippen LogP contribution >= 0.6 is 0 Å². The Morgan fingerprint density at radius 1 is 1.41 bits per heavy atom. The zero-order valence-electron chi connectivity index (χ0n) is 11.3. The predicted molar refractivity (Wildman–Crippen MR) is 65.6 cm³/mol. The van der Waals surface area contributed by atoms with E-state index in [4.69, 9.17) is 5.11 Å². The van der Waals surface area contributed by atoms with E-state index in [9.17, 15) is 9.90 Å². The Bertz CT molecular complexity index is 349. The zero-order valence-corrected chi connectivity index (χ0v) is 11.3. The van der Waals surface area contributed by atoms with Gasteiger partial charge in [0.05, 0.1) is 11.5 Å². The van der Waals surface area contributed by atoms with Gasteiger partial charge in [-0.25, -0.2) is 0 Å². The first kappa shape index (κ1) is 12.9. The topological polar surface area (TPSA) is 57.5 Å². The Morgan fingerprint density at radius 2 is 2.00 bits per heavy atom. The summed E-state index contributed by atoms with van der Waals surface area (Å²) in [7, 11) is 0. The number of fused-ring (bicyclic) bond motifs is 2. The second kappa shape index (κ2) is 3.47. The Morgan fingerprint density at radius 3 is 2.35 bits per heavy atom. The van der Waals surface area contributed by atoms with Crippen molar-refractivity contribution in [2.75, 3.05) is 0 Å². The first-order valence-corrected chi connectivity index (χ1v) is 6.59. The van der Waals surface area contributed by atoms with Crippen molar-refractivity contribution in [2.45, 2.75) is 59.0 Å². The Hall–Kier alpha value is -0.570. The second-order valence-corrected chi connectivity index (χ2v) is 6.97. The zero-order chi connectivity index (χ0) is 13.1. The van der Waals surface area contributed by atoms with Crippen molar-refractivity contribution in [3.63, 3.8) is 0 Å². The molecule has 0 amide bonds. The molecule has 17 heavy (non-hydrogen) atoms. The summed E-state index contributed by atoms with van der Waals surface area (Å²) in [5, 5.41) is 20.0. The summed E-state index contributed by atoms with van der Waals surface area (Å²) in [6, 6.07) is 0. The van der Waals surface area contributed by atoms with Gasteiger partial charge >= 0.3 is 5.97 Å². The third-order valence-electron chi connectivity index (χ3n) is 6.11. The van der Waals surface area contributed by atoms with Crippen molar-refractivity contribution in [1.82, 2.24) is 0 Å². The van der Waals surface area contributed by atoms with Gasteiger partial charge in [0.2, 0.25) is 0 Å². The molecular weight excluding hydrogens is 216 g/mol. The average Bonchev–Trinajstić information content (AvgIpc) is 2.49. The quantitative estimate of drug-likeness (QED) is 0.797. The third kappa shape index (κ3) is 1.48. The molecule has 3 heteroatoms. The Kier molecular flexibility index (Phi) is 2.63. The molecule has 2 fully saturated rings. The molecule has 0 saturated heterocycles. The summed E-state index contributed by atoms with van der Waals surface area (Å²) in [5.74, 6) is -0.729. The van der Waals surface area contributed by atoms with E-state index < -0.39 is 17.5 Å². The number of hydrogen-bond donors (Lipinski definition) is 2. The minimum absolute atomic E-state index is 0.125. The SMILES string of the molecule is CC(CC1(O)CC2CCC1(C)C2(C)C)C(=O)O. The van der Waals surface area contributed by atoms with Crippen LogP contribution in [0, 0.1) is 22.7 Å². The molecule has 0 aromatic carbocycles. The van der Waals surface area contributed by atoms with Crippen LogP contribution in [0.1, 0.15) is 53.4 Å². The molecule has 4 unspecified atom stereocenters. The van der Waals surface area contributed by atoms with Gasteiger partial charge in [0.25, 0.3) is 0 Å². The van der Waals surface area contributed by atoms with Crippen LogP contribution in [0.25, 0.3) is 0 Å². The highest BCUT2D eigenvalue weighted by atomic mass is 16.4. The molecule has 0 aliphatic heterocycles. The molecule has 0 aromatic rings. The van der Waals surface area contributed by atoms with E-state index in [1.807, 2.05) is 0 Å². The summed E-state index contributed by atoms with van der Waals surface area (Å²) in [5.41, 5.74) is -0.800. The molecule has 2 N–H and O–H groups in total. The lowest BCUT2D eigenvalue weighted by atomic mass is 9.62. The van der Waals surface area contributed by atoms with Crippen molar-refractivity contribution < 1.29 is 15.0 Å². The predicted octanol–water partition coefficient (Wildman–Crippen LogP) is 2.67. The van der Waals surface area contributed by atoms with Crippen LogP contribution in [0.5, 0.6) is 0 Å². The van der Waals surface area contributed by atoms with E-state index >= 15 is 0 Å². The number of rotatable bonds is 3. The second-order valence-electron chi connectivity index (χ2n) is 6.97. The van der Waals surface area contributed by atoms with E-state index in [0.717, 1.165) is 12.8 Å². The molecule has 2 bridgehead atoms. The van der Waals surface area contributed by atoms with E-state index in [2.05, 4.69) is 20.8 Å². The minimum Gasteiger partial charge on any atom is -0.481 e. The summed E-state index contributed by atoms with van der Waals surface area (Å²) in [6.07, 6.45) is 3.35. The standard InChI is InChI=1S/C14H24O3/c1-9(11(15)16)7-14(17)8-10-5-6-13(14,4)12(10,2)3/h9-10,17H,5-8H2,1-4H3,(H,15,16). The summed E-state index contributed by atoms with van der Waals surface area (Å²) in [4.78, 5) is 11.0. The van der Waals surface area contributed by atoms with Gasteiger partial charge in [-0.05, 0) is 37.0 Å². The van der Waals surface area contributed by atoms with E-state index in [0.29, 0.717) is 12.3 Å². The smallest absolute Gasteiger partial charge is 0.306 e. The summed E-state index contributed by atoms with van der Waals surface area (Å²) < 4.78 is 0. The fraction of sp³-hybridized carbons (Fsp3) is 0.929. The fourth-order valence-electron chi connectivity index (χ4n) is 4.32. The largest absolute Gasteiger partial charge is 0.481 e. The maximum absolute atomic E-state index is 11.0. The van der Waals surface area contributed by atoms with Crippen LogP contribution in [0.4, 0.5) is 0 Å². The van der Waals surface area contributed by atoms with E-state index in [-0.39, 0.29) is 10.8 Å². The first-order valence-electron chi connectivity index (χ1n) is 6.59. The molecule has 0 radical (unpaired) electrons. The van der Waals surface area contributed by atoms with Gasteiger partial charge in [0.15, 0.2) is 0 Å². The lowest BCUT2D eigenvalue weighted by Gasteiger charge is -2.46. The van der Waals surface area contributed by atoms with Crippen LogP contribution in [-0.2, 0) is 4.79 Å². The number of carbonyl (C=O) groups is 1. The van der Waals surface area contributed by atoms with Crippen LogP contribution in [0.3, 0.4) is 0 Å². The highest BCUT2D eigenvalue weighted by Crippen LogP contribution is 2.70. The maximum atomic E-state index is 11.0. The number of aliphatic hydroxyl groups is 1. The molecule has 2 rings (SSSR count). The van der Waals surface area contributed by atoms with Crippen molar-refractivity contribution in [1.29, 1.82) is 0 Å². The number of carboxylic acids is 1. The van der Waals surface area contributed by atoms with Crippen LogP contribution in [0.15, 0.2) is 0 Å². The third-order valence-corrected chi connectivity index (χ3v) is 6.11. The number of carboxylic acid groups (broad SMARTS) is 1. The highest BCUT2D eigenvalue weighted by molar-refractivity contribution is 5.69. The molecule has 4 atom stereocenters. The Balaban J connectivity index is 2.26. The van der Waals surface area contributed by atoms with E-state index in [1.54, 1.807) is 6.92 Å². The summed E-state index contributed by atoms with van der Waals surface area (Å²) >= 11 is 0. The van der Waals surface area contributed by atoms with Gasteiger partial charge in [0.1, 0.15) is 0 Å². The maximum Gasteiger partial charge on any atom is 0.306 e. The van der Waals surface area contributed by atoms with Crippen LogP contribution in [-0.4, -0.2) is 21.8 Å². The average molecular weight is 240 g/mol. The first-order chi connectivity index (χ1) is 7.64. The number of aliphatic carboxylic acids is 1. The molecule has 2 aliphatic rings. The van der Waals surface area contributed by atoms with Crippen molar-refractivity contribution >= 4 is 5.97 Å². The van der Waals surface area contributed by atoms with Crippen LogP contribution in [0.2, 0.25) is 0 Å². The minimum atomic E-state index is -0.803. The van der Waals surface area contributed by atoms with Gasteiger partial charge in [-0.2, -0.15) is 0 Å². The molecule has 0 spiro atoms. The molecule has 3 nitrogen and oxygen atoms in total. The van der Waals surface area contributed by atoms with Crippen molar-refractivity contribution in [3.8, 4) is 0 Å². The van der Waals surface area contributed by atoms with Gasteiger partial charge in [-0.15, -0.1) is 0 Å². The van der Waals surface area contributed by atoms with Gasteiger partial charge in [-0.1, -0.05) is 27.7 Å². The van der Waals surface area contributed by atoms with Gasteiger partial charge in [0, 0.05) is 5.41 Å². The molecule has 2 saturated carbocycles. The molecule has 0 aromatic heterocycles. The van der Waals surface area contributed by atoms with Crippen molar-refractivity contribution in [2.24, 2.45) is 22.7 Å². The van der Waals surface area contributed by atoms with Crippen molar-refractivity contribution in [3.05, 3.63) is 0 Å². The molecule has 0 heterocycles. The fourth-order valence-corrected chi connectivity index (χ4v) is 4.32. The Labute approximate surface area is 103 Å². The molecule has 98 valence electrons. The normalized spacial score (nSPS) is 44.9. The highest BCUT2D eigenvalue weighted by Gasteiger charge is 2.68. The monoisotopic (exact) mass is 240 g/mol. The summed E-state index contributed by atoms with van der Waals surface area (Å²) in [6.45, 7) is 8.30. The van der Waals surface area contributed by atoms with E-state index in [1.165, 1.54) is 6.42 Å². The van der Waals surface area contributed by atoms with Gasteiger partial charge in [-0.3, -0.25) is 4.79 Å². The van der Waals surface area contributed by atoms with Gasteiger partial charge < -0.3 is 10.2 Å². The lowest BCUT2D eigenvalue weighted by Crippen LogP contribution is -2.48. The lowest BCUT2D eigenvalue weighted by molar-refractivity contribution is -0.148. The molecule has 2 aliphatic carbocycles. The number of hydrogen-bond acceptors (Lipinski definition) is 2.